The van der Waals surface area contributed by atoms with Gasteiger partial charge in [-0.25, -0.2) is 0 Å². The van der Waals surface area contributed by atoms with Crippen molar-refractivity contribution in [1.82, 2.24) is 0 Å². The fourth-order valence-electron chi connectivity index (χ4n) is 2.09. The van der Waals surface area contributed by atoms with Gasteiger partial charge in [0.1, 0.15) is 0 Å². The van der Waals surface area contributed by atoms with Crippen LogP contribution in [-0.4, -0.2) is 5.91 Å². The van der Waals surface area contributed by atoms with Crippen molar-refractivity contribution in [3.63, 3.8) is 0 Å². The van der Waals surface area contributed by atoms with Crippen LogP contribution in [0.3, 0.4) is 0 Å². The van der Waals surface area contributed by atoms with E-state index >= 15 is 0 Å². The molecule has 0 aliphatic heterocycles. The van der Waals surface area contributed by atoms with Gasteiger partial charge in [0.15, 0.2) is 0 Å². The van der Waals surface area contributed by atoms with Gasteiger partial charge in [-0.1, -0.05) is 36.8 Å². The molecule has 3 nitrogen and oxygen atoms in total. The molecule has 0 saturated heterocycles. The summed E-state index contributed by atoms with van der Waals surface area (Å²) in [4.78, 5) is 11.3. The Morgan fingerprint density at radius 2 is 1.57 bits per heavy atom. The van der Waals surface area contributed by atoms with E-state index in [0.29, 0.717) is 6.42 Å². The molecule has 21 heavy (non-hydrogen) atoms. The molecule has 1 amide bonds. The lowest BCUT2D eigenvalue weighted by Gasteiger charge is -2.16. The van der Waals surface area contributed by atoms with Crippen LogP contribution >= 0.6 is 0 Å². The minimum Gasteiger partial charge on any atom is -0.379 e. The molecule has 0 aromatic heterocycles. The third-order valence-electron chi connectivity index (χ3n) is 3.45. The molecule has 0 heterocycles. The molecule has 0 spiro atoms. The molecule has 0 saturated carbocycles. The second-order valence-electron chi connectivity index (χ2n) is 5.26. The molecular formula is C18H22N2O. The Morgan fingerprint density at radius 3 is 2.14 bits per heavy atom. The highest BCUT2D eigenvalue weighted by atomic mass is 16.1. The van der Waals surface area contributed by atoms with Gasteiger partial charge >= 0.3 is 0 Å². The highest BCUT2D eigenvalue weighted by molar-refractivity contribution is 5.90. The summed E-state index contributed by atoms with van der Waals surface area (Å²) in [7, 11) is 0. The molecule has 0 fully saturated rings. The Bertz CT molecular complexity index is 588. The van der Waals surface area contributed by atoms with Gasteiger partial charge in [-0.3, -0.25) is 4.79 Å². The van der Waals surface area contributed by atoms with Gasteiger partial charge in [0, 0.05) is 23.8 Å². The molecule has 0 bridgehead atoms. The van der Waals surface area contributed by atoms with Crippen LogP contribution in [0, 0.1) is 6.92 Å². The van der Waals surface area contributed by atoms with E-state index in [1.807, 2.05) is 31.2 Å². The van der Waals surface area contributed by atoms with Crippen molar-refractivity contribution in [2.75, 3.05) is 10.6 Å². The number of carbonyl (C=O) groups excluding carboxylic acids is 1. The normalized spacial score (nSPS) is 11.8. The van der Waals surface area contributed by atoms with E-state index in [1.54, 1.807) is 0 Å². The van der Waals surface area contributed by atoms with Crippen LogP contribution in [0.4, 0.5) is 11.4 Å². The Balaban J connectivity index is 1.99. The smallest absolute Gasteiger partial charge is 0.224 e. The maximum atomic E-state index is 11.3. The number of nitrogens with one attached hydrogen (secondary N) is 2. The lowest BCUT2D eigenvalue weighted by Crippen LogP contribution is -2.10. The van der Waals surface area contributed by atoms with Crippen LogP contribution in [0.1, 0.15) is 37.4 Å². The van der Waals surface area contributed by atoms with Crippen LogP contribution in [0.25, 0.3) is 0 Å². The second kappa shape index (κ2) is 6.93. The van der Waals surface area contributed by atoms with Crippen molar-refractivity contribution < 1.29 is 4.79 Å². The topological polar surface area (TPSA) is 41.1 Å². The van der Waals surface area contributed by atoms with Gasteiger partial charge in [-0.2, -0.15) is 0 Å². The Morgan fingerprint density at radius 1 is 1.00 bits per heavy atom. The van der Waals surface area contributed by atoms with E-state index in [2.05, 4.69) is 48.7 Å². The number of hydrogen-bond acceptors (Lipinski definition) is 2. The van der Waals surface area contributed by atoms with Gasteiger partial charge in [0.05, 0.1) is 0 Å². The Labute approximate surface area is 126 Å². The summed E-state index contributed by atoms with van der Waals surface area (Å²) in [5, 5.41) is 6.30. The summed E-state index contributed by atoms with van der Waals surface area (Å²) in [5.41, 5.74) is 4.39. The zero-order valence-corrected chi connectivity index (χ0v) is 12.8. The first-order valence-electron chi connectivity index (χ1n) is 7.31. The predicted molar refractivity (Wildman–Crippen MR) is 88.6 cm³/mol. The van der Waals surface area contributed by atoms with Gasteiger partial charge in [-0.05, 0) is 43.7 Å². The minimum atomic E-state index is 0.0312. The van der Waals surface area contributed by atoms with Gasteiger partial charge in [0.2, 0.25) is 5.91 Å². The molecule has 1 atom stereocenters. The number of rotatable bonds is 5. The van der Waals surface area contributed by atoms with E-state index < -0.39 is 0 Å². The molecule has 2 N–H and O–H groups in total. The summed E-state index contributed by atoms with van der Waals surface area (Å²) < 4.78 is 0. The maximum Gasteiger partial charge on any atom is 0.224 e. The number of benzene rings is 2. The van der Waals surface area contributed by atoms with Crippen molar-refractivity contribution in [1.29, 1.82) is 0 Å². The highest BCUT2D eigenvalue weighted by Gasteiger charge is 2.05. The quantitative estimate of drug-likeness (QED) is 0.846. The van der Waals surface area contributed by atoms with Crippen molar-refractivity contribution in [2.45, 2.75) is 33.2 Å². The molecule has 0 aliphatic rings. The fraction of sp³-hybridized carbons (Fsp3) is 0.278. The monoisotopic (exact) mass is 282 g/mol. The zero-order chi connectivity index (χ0) is 15.2. The molecule has 0 radical (unpaired) electrons. The number of hydrogen-bond donors (Lipinski definition) is 2. The van der Waals surface area contributed by atoms with E-state index in [4.69, 9.17) is 0 Å². The Hall–Kier alpha value is -2.29. The number of aryl methyl sites for hydroxylation is 1. The SMILES string of the molecule is CCC(=O)Nc1ccc(NC(C)c2ccc(C)cc2)cc1. The number of amides is 1. The third kappa shape index (κ3) is 4.35. The summed E-state index contributed by atoms with van der Waals surface area (Å²) in [5.74, 6) is 0.0312. The average molecular weight is 282 g/mol. The van der Waals surface area contributed by atoms with E-state index in [0.717, 1.165) is 11.4 Å². The van der Waals surface area contributed by atoms with Crippen LogP contribution in [0.2, 0.25) is 0 Å². The summed E-state index contributed by atoms with van der Waals surface area (Å²) in [6.07, 6.45) is 0.491. The molecule has 0 aliphatic carbocycles. The lowest BCUT2D eigenvalue weighted by molar-refractivity contribution is -0.115. The summed E-state index contributed by atoms with van der Waals surface area (Å²) >= 11 is 0. The van der Waals surface area contributed by atoms with Gasteiger partial charge in [0.25, 0.3) is 0 Å². The predicted octanol–water partition coefficient (Wildman–Crippen LogP) is 4.52. The maximum absolute atomic E-state index is 11.3. The van der Waals surface area contributed by atoms with Crippen molar-refractivity contribution in [2.24, 2.45) is 0 Å². The number of carbonyl (C=O) groups is 1. The molecule has 3 heteroatoms. The third-order valence-corrected chi connectivity index (χ3v) is 3.45. The highest BCUT2D eigenvalue weighted by Crippen LogP contribution is 2.21. The number of anilines is 2. The van der Waals surface area contributed by atoms with Crippen LogP contribution in [0.15, 0.2) is 48.5 Å². The summed E-state index contributed by atoms with van der Waals surface area (Å²) in [6, 6.07) is 16.6. The largest absolute Gasteiger partial charge is 0.379 e. The zero-order valence-electron chi connectivity index (χ0n) is 12.8. The fourth-order valence-corrected chi connectivity index (χ4v) is 2.09. The molecule has 2 aromatic carbocycles. The van der Waals surface area contributed by atoms with E-state index in [-0.39, 0.29) is 11.9 Å². The van der Waals surface area contributed by atoms with Gasteiger partial charge < -0.3 is 10.6 Å². The second-order valence-corrected chi connectivity index (χ2v) is 5.26. The minimum absolute atomic E-state index is 0.0312. The standard InChI is InChI=1S/C18H22N2O/c1-4-18(21)20-17-11-9-16(10-12-17)19-14(3)15-7-5-13(2)6-8-15/h5-12,14,19H,4H2,1-3H3,(H,20,21). The Kier molecular flexibility index (Phi) is 4.99. The van der Waals surface area contributed by atoms with Crippen LogP contribution in [-0.2, 0) is 4.79 Å². The van der Waals surface area contributed by atoms with Crippen molar-refractivity contribution >= 4 is 17.3 Å². The molecule has 1 unspecified atom stereocenters. The van der Waals surface area contributed by atoms with E-state index in [9.17, 15) is 4.79 Å². The van der Waals surface area contributed by atoms with Crippen LogP contribution < -0.4 is 10.6 Å². The lowest BCUT2D eigenvalue weighted by atomic mass is 10.1. The summed E-state index contributed by atoms with van der Waals surface area (Å²) in [6.45, 7) is 6.07. The average Bonchev–Trinajstić information content (AvgIpc) is 2.49. The first-order valence-corrected chi connectivity index (χ1v) is 7.31. The van der Waals surface area contributed by atoms with Crippen LogP contribution in [0.5, 0.6) is 0 Å². The van der Waals surface area contributed by atoms with Gasteiger partial charge in [-0.15, -0.1) is 0 Å². The van der Waals surface area contributed by atoms with E-state index in [1.165, 1.54) is 11.1 Å². The first-order chi connectivity index (χ1) is 10.1. The molecule has 2 rings (SSSR count). The van der Waals surface area contributed by atoms with Crippen molar-refractivity contribution in [3.8, 4) is 0 Å². The molecule has 2 aromatic rings. The first kappa shape index (κ1) is 15.1. The van der Waals surface area contributed by atoms with Crippen molar-refractivity contribution in [3.05, 3.63) is 59.7 Å². The molecular weight excluding hydrogens is 260 g/mol. The molecule has 110 valence electrons.